The number of nitrogens with one attached hydrogen (secondary N) is 1. The van der Waals surface area contributed by atoms with Crippen LogP contribution in [-0.2, 0) is 4.79 Å². The summed E-state index contributed by atoms with van der Waals surface area (Å²) in [5.74, 6) is -0.569. The summed E-state index contributed by atoms with van der Waals surface area (Å²) in [5, 5.41) is 23.6. The van der Waals surface area contributed by atoms with Crippen molar-refractivity contribution in [1.82, 2.24) is 4.98 Å². The molecule has 0 radical (unpaired) electrons. The topological polar surface area (TPSA) is 108 Å². The number of rotatable bonds is 6. The molecule has 1 aliphatic carbocycles. The fraction of sp³-hybridized carbons (Fsp3) is 0.333. The number of aromatic nitrogens is 1. The molecule has 146 valence electrons. The predicted molar refractivity (Wildman–Crippen MR) is 112 cm³/mol. The smallest absolute Gasteiger partial charge is 0.427 e. The average molecular weight is 379 g/mol. The van der Waals surface area contributed by atoms with Crippen molar-refractivity contribution in [3.63, 3.8) is 0 Å². The number of anilines is 1. The number of benzene rings is 1. The van der Waals surface area contributed by atoms with Crippen LogP contribution in [0.5, 0.6) is 0 Å². The van der Waals surface area contributed by atoms with Gasteiger partial charge in [0.1, 0.15) is 0 Å². The molecule has 1 amide bonds. The maximum absolute atomic E-state index is 12.9. The molecule has 1 aliphatic rings. The van der Waals surface area contributed by atoms with E-state index in [0.717, 1.165) is 28.5 Å². The van der Waals surface area contributed by atoms with Gasteiger partial charge in [-0.25, -0.2) is 0 Å². The van der Waals surface area contributed by atoms with Crippen LogP contribution < -0.4 is 11.1 Å². The van der Waals surface area contributed by atoms with Crippen LogP contribution in [0.3, 0.4) is 0 Å². The van der Waals surface area contributed by atoms with Crippen LogP contribution in [0.1, 0.15) is 19.8 Å². The predicted octanol–water partition coefficient (Wildman–Crippen LogP) is 2.50. The number of carbonyl (C=O) groups excluding carboxylic acids is 1. The number of hydrogen-bond donors (Lipinski definition) is 4. The number of nitrogens with zero attached hydrogens (tertiary/aromatic N) is 1. The molecule has 2 atom stereocenters. The van der Waals surface area contributed by atoms with Gasteiger partial charge in [0.25, 0.3) is 0 Å². The Morgan fingerprint density at radius 2 is 2.18 bits per heavy atom. The third kappa shape index (κ3) is 4.87. The summed E-state index contributed by atoms with van der Waals surface area (Å²) in [5.41, 5.74) is 7.29. The fourth-order valence-corrected chi connectivity index (χ4v) is 3.70. The lowest BCUT2D eigenvalue weighted by Gasteiger charge is -2.26. The second-order valence-electron chi connectivity index (χ2n) is 7.65. The van der Waals surface area contributed by atoms with Crippen molar-refractivity contribution in [2.24, 2.45) is 17.1 Å². The van der Waals surface area contributed by atoms with E-state index in [9.17, 15) is 14.8 Å². The van der Waals surface area contributed by atoms with Crippen LogP contribution in [0.2, 0.25) is 6.32 Å². The maximum atomic E-state index is 12.9. The first kappa shape index (κ1) is 20.3. The fourth-order valence-electron chi connectivity index (χ4n) is 3.70. The number of hydrogen-bond acceptors (Lipinski definition) is 5. The van der Waals surface area contributed by atoms with Gasteiger partial charge in [-0.05, 0) is 48.2 Å². The Morgan fingerprint density at radius 3 is 2.93 bits per heavy atom. The minimum absolute atomic E-state index is 0.138. The molecule has 0 saturated carbocycles. The first-order chi connectivity index (χ1) is 13.4. The SMILES string of the molecule is CC1(CB(O)O)C=CC=C(C(CN)C(=O)Nc2ccc3cnccc3c2)CC1. The molecule has 28 heavy (non-hydrogen) atoms. The van der Waals surface area contributed by atoms with E-state index < -0.39 is 13.0 Å². The first-order valence-corrected chi connectivity index (χ1v) is 9.49. The number of allylic oxidation sites excluding steroid dienone is 3. The van der Waals surface area contributed by atoms with E-state index in [1.54, 1.807) is 12.4 Å². The molecule has 0 fully saturated rings. The molecule has 0 bridgehead atoms. The van der Waals surface area contributed by atoms with Gasteiger partial charge in [0.05, 0.1) is 5.92 Å². The van der Waals surface area contributed by atoms with Crippen LogP contribution >= 0.6 is 0 Å². The minimum Gasteiger partial charge on any atom is -0.427 e. The Hall–Kier alpha value is -2.48. The number of carbonyl (C=O) groups is 1. The zero-order valence-corrected chi connectivity index (χ0v) is 16.0. The normalized spacial score (nSPS) is 20.4. The van der Waals surface area contributed by atoms with Gasteiger partial charge in [-0.1, -0.05) is 36.8 Å². The number of amides is 1. The van der Waals surface area contributed by atoms with Crippen LogP contribution in [0.15, 0.2) is 60.5 Å². The van der Waals surface area contributed by atoms with Gasteiger partial charge in [-0.15, -0.1) is 0 Å². The highest BCUT2D eigenvalue weighted by molar-refractivity contribution is 6.41. The van der Waals surface area contributed by atoms with Crippen molar-refractivity contribution >= 4 is 29.5 Å². The second-order valence-corrected chi connectivity index (χ2v) is 7.65. The maximum Gasteiger partial charge on any atom is 0.452 e. The Bertz CT molecular complexity index is 913. The molecule has 1 aromatic heterocycles. The lowest BCUT2D eigenvalue weighted by molar-refractivity contribution is -0.118. The quantitative estimate of drug-likeness (QED) is 0.577. The van der Waals surface area contributed by atoms with Crippen LogP contribution in [0.25, 0.3) is 10.8 Å². The highest BCUT2D eigenvalue weighted by Gasteiger charge is 2.30. The lowest BCUT2D eigenvalue weighted by atomic mass is 9.67. The van der Waals surface area contributed by atoms with Crippen molar-refractivity contribution in [1.29, 1.82) is 0 Å². The van der Waals surface area contributed by atoms with E-state index in [1.807, 2.05) is 49.4 Å². The molecule has 7 heteroatoms. The summed E-state index contributed by atoms with van der Waals surface area (Å²) in [6, 6.07) is 7.61. The summed E-state index contributed by atoms with van der Waals surface area (Å²) in [6.07, 6.45) is 11.0. The van der Waals surface area contributed by atoms with E-state index >= 15 is 0 Å². The number of pyridine rings is 1. The molecular weight excluding hydrogens is 353 g/mol. The van der Waals surface area contributed by atoms with E-state index in [0.29, 0.717) is 6.42 Å². The molecule has 1 heterocycles. The molecule has 2 aromatic rings. The zero-order valence-electron chi connectivity index (χ0n) is 16.0. The van der Waals surface area contributed by atoms with E-state index in [-0.39, 0.29) is 24.2 Å². The van der Waals surface area contributed by atoms with Gasteiger partial charge in [-0.2, -0.15) is 0 Å². The molecule has 0 saturated heterocycles. The Kier molecular flexibility index (Phi) is 6.29. The highest BCUT2D eigenvalue weighted by atomic mass is 16.4. The molecule has 1 aromatic carbocycles. The molecule has 0 spiro atoms. The second kappa shape index (κ2) is 8.69. The summed E-state index contributed by atoms with van der Waals surface area (Å²) < 4.78 is 0. The van der Waals surface area contributed by atoms with Crippen LogP contribution in [0.4, 0.5) is 5.69 Å². The van der Waals surface area contributed by atoms with Crippen molar-refractivity contribution in [2.75, 3.05) is 11.9 Å². The molecule has 0 aliphatic heterocycles. The van der Waals surface area contributed by atoms with Gasteiger partial charge in [0, 0.05) is 30.0 Å². The van der Waals surface area contributed by atoms with Crippen LogP contribution in [-0.4, -0.2) is 34.6 Å². The van der Waals surface area contributed by atoms with Crippen molar-refractivity contribution in [3.05, 3.63) is 60.5 Å². The van der Waals surface area contributed by atoms with Gasteiger partial charge < -0.3 is 21.1 Å². The van der Waals surface area contributed by atoms with E-state index in [2.05, 4.69) is 10.3 Å². The molecule has 5 N–H and O–H groups in total. The summed E-state index contributed by atoms with van der Waals surface area (Å²) in [4.78, 5) is 17.0. The first-order valence-electron chi connectivity index (χ1n) is 9.49. The van der Waals surface area contributed by atoms with Gasteiger partial charge in [0.2, 0.25) is 5.91 Å². The highest BCUT2D eigenvalue weighted by Crippen LogP contribution is 2.36. The largest absolute Gasteiger partial charge is 0.452 e. The average Bonchev–Trinajstić information content (AvgIpc) is 2.83. The number of fused-ring (bicyclic) bond motifs is 1. The summed E-state index contributed by atoms with van der Waals surface area (Å²) in [7, 11) is -1.35. The van der Waals surface area contributed by atoms with Crippen molar-refractivity contribution in [3.8, 4) is 0 Å². The Balaban J connectivity index is 1.71. The monoisotopic (exact) mass is 379 g/mol. The summed E-state index contributed by atoms with van der Waals surface area (Å²) >= 11 is 0. The van der Waals surface area contributed by atoms with E-state index in [1.165, 1.54) is 0 Å². The zero-order chi connectivity index (χ0) is 20.1. The molecule has 6 nitrogen and oxygen atoms in total. The van der Waals surface area contributed by atoms with Crippen molar-refractivity contribution in [2.45, 2.75) is 26.1 Å². The van der Waals surface area contributed by atoms with E-state index in [4.69, 9.17) is 5.73 Å². The van der Waals surface area contributed by atoms with Crippen molar-refractivity contribution < 1.29 is 14.8 Å². The molecule has 3 rings (SSSR count). The minimum atomic E-state index is -1.35. The van der Waals surface area contributed by atoms with Gasteiger partial charge >= 0.3 is 7.12 Å². The molecule has 2 unspecified atom stereocenters. The molecular formula is C21H26BN3O3. The van der Waals surface area contributed by atoms with Gasteiger partial charge in [0.15, 0.2) is 0 Å². The summed E-state index contributed by atoms with van der Waals surface area (Å²) in [6.45, 7) is 2.20. The van der Waals surface area contributed by atoms with Gasteiger partial charge in [-0.3, -0.25) is 9.78 Å². The standard InChI is InChI=1S/C21H26BN3O3/c1-21(14-22(27)28)8-2-3-15(6-9-21)19(12-23)20(26)25-18-5-4-17-13-24-10-7-16(17)11-18/h2-5,7-8,10-11,13,19,27-28H,6,9,12,14,23H2,1H3,(H,25,26). The lowest BCUT2D eigenvalue weighted by Crippen LogP contribution is -2.31. The third-order valence-corrected chi connectivity index (χ3v) is 5.35. The van der Waals surface area contributed by atoms with Crippen LogP contribution in [0, 0.1) is 11.3 Å². The Labute approximate surface area is 165 Å². The number of nitrogens with two attached hydrogens (primary N) is 1. The Morgan fingerprint density at radius 1 is 1.36 bits per heavy atom. The third-order valence-electron chi connectivity index (χ3n) is 5.35.